The van der Waals surface area contributed by atoms with Crippen LogP contribution in [0.4, 0.5) is 10.5 Å². The minimum absolute atomic E-state index is 0.0790. The van der Waals surface area contributed by atoms with Gasteiger partial charge in [-0.15, -0.1) is 0 Å². The predicted molar refractivity (Wildman–Crippen MR) is 103 cm³/mol. The number of nitrogens with zero attached hydrogens (tertiary/aromatic N) is 2. The van der Waals surface area contributed by atoms with Crippen LogP contribution in [0.25, 0.3) is 0 Å². The second-order valence-electron chi connectivity index (χ2n) is 6.84. The number of anilines is 1. The van der Waals surface area contributed by atoms with E-state index >= 15 is 0 Å². The predicted octanol–water partition coefficient (Wildman–Crippen LogP) is 3.10. The zero-order chi connectivity index (χ0) is 19.4. The SMILES string of the molecule is Cc1cc(C)cc(CN2C(=O)CCN(CC(=O)Nc3ccccc3)C2=O)c1. The molecule has 1 aliphatic rings. The van der Waals surface area contributed by atoms with E-state index in [0.29, 0.717) is 5.69 Å². The maximum Gasteiger partial charge on any atom is 0.327 e. The van der Waals surface area contributed by atoms with Crippen molar-refractivity contribution in [2.24, 2.45) is 0 Å². The number of aryl methyl sites for hydroxylation is 2. The molecule has 1 fully saturated rings. The minimum Gasteiger partial charge on any atom is -0.325 e. The van der Waals surface area contributed by atoms with Gasteiger partial charge >= 0.3 is 6.03 Å². The third-order valence-electron chi connectivity index (χ3n) is 4.41. The highest BCUT2D eigenvalue weighted by Crippen LogP contribution is 2.17. The highest BCUT2D eigenvalue weighted by Gasteiger charge is 2.33. The lowest BCUT2D eigenvalue weighted by atomic mass is 10.1. The normalized spacial score (nSPS) is 14.4. The fourth-order valence-corrected chi connectivity index (χ4v) is 3.28. The smallest absolute Gasteiger partial charge is 0.325 e. The quantitative estimate of drug-likeness (QED) is 0.885. The number of hydrogen-bond donors (Lipinski definition) is 1. The van der Waals surface area contributed by atoms with Gasteiger partial charge in [-0.05, 0) is 31.5 Å². The molecular weight excluding hydrogens is 342 g/mol. The molecule has 27 heavy (non-hydrogen) atoms. The molecule has 6 nitrogen and oxygen atoms in total. The van der Waals surface area contributed by atoms with Gasteiger partial charge in [0.1, 0.15) is 6.54 Å². The summed E-state index contributed by atoms with van der Waals surface area (Å²) in [6.07, 6.45) is 0.217. The van der Waals surface area contributed by atoms with Crippen LogP contribution in [0, 0.1) is 13.8 Å². The van der Waals surface area contributed by atoms with E-state index in [0.717, 1.165) is 16.7 Å². The van der Waals surface area contributed by atoms with Crippen LogP contribution in [0.1, 0.15) is 23.1 Å². The fourth-order valence-electron chi connectivity index (χ4n) is 3.28. The summed E-state index contributed by atoms with van der Waals surface area (Å²) in [5, 5.41) is 2.76. The van der Waals surface area contributed by atoms with Gasteiger partial charge in [-0.2, -0.15) is 0 Å². The molecule has 6 heteroatoms. The maximum atomic E-state index is 12.7. The minimum atomic E-state index is -0.423. The Morgan fingerprint density at radius 2 is 1.70 bits per heavy atom. The van der Waals surface area contributed by atoms with Crippen molar-refractivity contribution in [1.82, 2.24) is 9.80 Å². The number of nitrogens with one attached hydrogen (secondary N) is 1. The van der Waals surface area contributed by atoms with Gasteiger partial charge in [0.15, 0.2) is 0 Å². The molecule has 0 atom stereocenters. The molecule has 1 N–H and O–H groups in total. The molecule has 140 valence electrons. The molecule has 0 radical (unpaired) electrons. The summed E-state index contributed by atoms with van der Waals surface area (Å²) in [6, 6.07) is 14.6. The summed E-state index contributed by atoms with van der Waals surface area (Å²) in [6.45, 7) is 4.36. The summed E-state index contributed by atoms with van der Waals surface area (Å²) in [5.74, 6) is -0.492. The molecule has 0 spiro atoms. The molecule has 1 heterocycles. The van der Waals surface area contributed by atoms with Crippen LogP contribution in [-0.2, 0) is 16.1 Å². The van der Waals surface area contributed by atoms with Crippen LogP contribution < -0.4 is 5.32 Å². The number of imide groups is 1. The molecule has 0 bridgehead atoms. The summed E-state index contributed by atoms with van der Waals surface area (Å²) in [5.41, 5.74) is 3.75. The van der Waals surface area contributed by atoms with Gasteiger partial charge in [0.25, 0.3) is 0 Å². The average molecular weight is 365 g/mol. The number of urea groups is 1. The lowest BCUT2D eigenvalue weighted by molar-refractivity contribution is -0.132. The molecule has 1 aliphatic heterocycles. The molecule has 2 aromatic rings. The summed E-state index contributed by atoms with van der Waals surface area (Å²) < 4.78 is 0. The van der Waals surface area contributed by atoms with Gasteiger partial charge < -0.3 is 10.2 Å². The summed E-state index contributed by atoms with van der Waals surface area (Å²) in [7, 11) is 0. The Bertz CT molecular complexity index is 844. The molecule has 4 amide bonds. The van der Waals surface area contributed by atoms with Gasteiger partial charge in [-0.25, -0.2) is 4.79 Å². The van der Waals surface area contributed by atoms with Gasteiger partial charge in [-0.3, -0.25) is 14.5 Å². The van der Waals surface area contributed by atoms with Crippen LogP contribution in [0.3, 0.4) is 0 Å². The Hall–Kier alpha value is -3.15. The molecule has 2 aromatic carbocycles. The van der Waals surface area contributed by atoms with E-state index in [4.69, 9.17) is 0 Å². The number of amides is 4. The first kappa shape index (κ1) is 18.6. The van der Waals surface area contributed by atoms with Crippen molar-refractivity contribution in [2.45, 2.75) is 26.8 Å². The largest absolute Gasteiger partial charge is 0.327 e. The summed E-state index contributed by atoms with van der Waals surface area (Å²) in [4.78, 5) is 39.9. The zero-order valence-corrected chi connectivity index (χ0v) is 15.6. The molecule has 1 saturated heterocycles. The molecule has 0 unspecified atom stereocenters. The van der Waals surface area contributed by atoms with Crippen molar-refractivity contribution < 1.29 is 14.4 Å². The Kier molecular flexibility index (Phi) is 5.54. The Morgan fingerprint density at radius 3 is 2.37 bits per heavy atom. The standard InChI is InChI=1S/C21H23N3O3/c1-15-10-16(2)12-17(11-15)13-24-20(26)8-9-23(21(24)27)14-19(25)22-18-6-4-3-5-7-18/h3-7,10-12H,8-9,13-14H2,1-2H3,(H,22,25). The Labute approximate surface area is 158 Å². The van der Waals surface area contributed by atoms with E-state index in [1.165, 1.54) is 9.80 Å². The first-order valence-electron chi connectivity index (χ1n) is 8.94. The van der Waals surface area contributed by atoms with Crippen LogP contribution in [0.15, 0.2) is 48.5 Å². The first-order chi connectivity index (χ1) is 12.9. The molecule has 0 aliphatic carbocycles. The average Bonchev–Trinajstić information content (AvgIpc) is 2.61. The maximum absolute atomic E-state index is 12.7. The molecular formula is C21H23N3O3. The van der Waals surface area contributed by atoms with E-state index in [1.54, 1.807) is 12.1 Å². The first-order valence-corrected chi connectivity index (χ1v) is 8.94. The van der Waals surface area contributed by atoms with Crippen LogP contribution in [0.5, 0.6) is 0 Å². The molecule has 0 saturated carbocycles. The van der Waals surface area contributed by atoms with E-state index < -0.39 is 6.03 Å². The van der Waals surface area contributed by atoms with Crippen LogP contribution >= 0.6 is 0 Å². The lowest BCUT2D eigenvalue weighted by Crippen LogP contribution is -2.53. The van der Waals surface area contributed by atoms with E-state index in [-0.39, 0.29) is 37.9 Å². The number of para-hydroxylation sites is 1. The Morgan fingerprint density at radius 1 is 1.04 bits per heavy atom. The second-order valence-corrected chi connectivity index (χ2v) is 6.84. The number of rotatable bonds is 5. The van der Waals surface area contributed by atoms with Crippen molar-refractivity contribution in [3.8, 4) is 0 Å². The third-order valence-corrected chi connectivity index (χ3v) is 4.41. The second kappa shape index (κ2) is 8.03. The number of benzene rings is 2. The monoisotopic (exact) mass is 365 g/mol. The Balaban J connectivity index is 1.67. The van der Waals surface area contributed by atoms with Gasteiger partial charge in [0.05, 0.1) is 6.54 Å². The van der Waals surface area contributed by atoms with Crippen molar-refractivity contribution in [3.05, 3.63) is 65.2 Å². The summed E-state index contributed by atoms with van der Waals surface area (Å²) >= 11 is 0. The highest BCUT2D eigenvalue weighted by atomic mass is 16.2. The third kappa shape index (κ3) is 4.73. The zero-order valence-electron chi connectivity index (χ0n) is 15.6. The van der Waals surface area contributed by atoms with Crippen LogP contribution in [0.2, 0.25) is 0 Å². The van der Waals surface area contributed by atoms with Crippen molar-refractivity contribution in [2.75, 3.05) is 18.4 Å². The van der Waals surface area contributed by atoms with Crippen molar-refractivity contribution in [3.63, 3.8) is 0 Å². The van der Waals surface area contributed by atoms with Gasteiger partial charge in [0, 0.05) is 18.7 Å². The number of hydrogen-bond acceptors (Lipinski definition) is 3. The highest BCUT2D eigenvalue weighted by molar-refractivity contribution is 6.00. The van der Waals surface area contributed by atoms with Gasteiger partial charge in [0.2, 0.25) is 11.8 Å². The molecule has 3 rings (SSSR count). The fraction of sp³-hybridized carbons (Fsp3) is 0.286. The van der Waals surface area contributed by atoms with Crippen LogP contribution in [-0.4, -0.2) is 40.7 Å². The topological polar surface area (TPSA) is 69.7 Å². The lowest BCUT2D eigenvalue weighted by Gasteiger charge is -2.33. The van der Waals surface area contributed by atoms with E-state index in [1.807, 2.05) is 50.2 Å². The van der Waals surface area contributed by atoms with E-state index in [9.17, 15) is 14.4 Å². The van der Waals surface area contributed by atoms with Crippen molar-refractivity contribution >= 4 is 23.5 Å². The molecule has 0 aromatic heterocycles. The van der Waals surface area contributed by atoms with Gasteiger partial charge in [-0.1, -0.05) is 47.5 Å². The number of carbonyl (C=O) groups excluding carboxylic acids is 3. The van der Waals surface area contributed by atoms with E-state index in [2.05, 4.69) is 5.32 Å². The van der Waals surface area contributed by atoms with Crippen molar-refractivity contribution in [1.29, 1.82) is 0 Å². The number of carbonyl (C=O) groups is 3.